The molecule has 2 aromatic rings. The summed E-state index contributed by atoms with van der Waals surface area (Å²) < 4.78 is 26.5. The molecule has 0 radical (unpaired) electrons. The molecule has 23 heavy (non-hydrogen) atoms. The zero-order valence-corrected chi connectivity index (χ0v) is 13.3. The van der Waals surface area contributed by atoms with Crippen molar-refractivity contribution in [1.82, 2.24) is 9.88 Å². The number of aromatic nitrogens is 1. The van der Waals surface area contributed by atoms with Crippen LogP contribution >= 0.6 is 11.3 Å². The van der Waals surface area contributed by atoms with Crippen LogP contribution in [0.2, 0.25) is 0 Å². The quantitative estimate of drug-likeness (QED) is 0.811. The van der Waals surface area contributed by atoms with Gasteiger partial charge in [-0.3, -0.25) is 14.5 Å². The summed E-state index contributed by atoms with van der Waals surface area (Å²) in [5, 5.41) is 8.76. The van der Waals surface area contributed by atoms with Crippen molar-refractivity contribution in [3.63, 3.8) is 0 Å². The Bertz CT molecular complexity index is 757. The van der Waals surface area contributed by atoms with E-state index in [0.29, 0.717) is 35.8 Å². The van der Waals surface area contributed by atoms with Crippen LogP contribution in [0, 0.1) is 11.6 Å². The maximum Gasteiger partial charge on any atom is 0.305 e. The number of aromatic amines is 1. The van der Waals surface area contributed by atoms with Crippen LogP contribution in [0.25, 0.3) is 11.3 Å². The first kappa shape index (κ1) is 17.3. The number of nitrogens with zero attached hydrogens (tertiary/aromatic N) is 1. The Labute approximate surface area is 135 Å². The molecule has 0 atom stereocenters. The minimum absolute atomic E-state index is 0.00628. The van der Waals surface area contributed by atoms with Crippen molar-refractivity contribution in [3.8, 4) is 11.3 Å². The van der Waals surface area contributed by atoms with Gasteiger partial charge in [0.1, 0.15) is 0 Å². The van der Waals surface area contributed by atoms with Crippen LogP contribution in [0.4, 0.5) is 8.78 Å². The number of carbonyl (C=O) groups is 1. The molecule has 124 valence electrons. The molecule has 2 rings (SSSR count). The zero-order chi connectivity index (χ0) is 17.0. The molecule has 0 unspecified atom stereocenters. The van der Waals surface area contributed by atoms with E-state index in [1.807, 2.05) is 11.8 Å². The minimum Gasteiger partial charge on any atom is -0.481 e. The molecule has 0 saturated heterocycles. The summed E-state index contributed by atoms with van der Waals surface area (Å²) in [4.78, 5) is 27.2. The third-order valence-electron chi connectivity index (χ3n) is 3.39. The van der Waals surface area contributed by atoms with Gasteiger partial charge in [-0.2, -0.15) is 0 Å². The van der Waals surface area contributed by atoms with E-state index in [2.05, 4.69) is 4.98 Å². The Kier molecular flexibility index (Phi) is 5.62. The van der Waals surface area contributed by atoms with E-state index < -0.39 is 17.6 Å². The van der Waals surface area contributed by atoms with Gasteiger partial charge in [0, 0.05) is 23.5 Å². The van der Waals surface area contributed by atoms with E-state index in [1.54, 1.807) is 0 Å². The maximum absolute atomic E-state index is 13.4. The van der Waals surface area contributed by atoms with Crippen LogP contribution in [0.1, 0.15) is 18.2 Å². The second-order valence-corrected chi connectivity index (χ2v) is 6.02. The smallest absolute Gasteiger partial charge is 0.305 e. The second kappa shape index (κ2) is 7.47. The van der Waals surface area contributed by atoms with Crippen molar-refractivity contribution >= 4 is 17.3 Å². The Balaban J connectivity index is 2.27. The van der Waals surface area contributed by atoms with Crippen molar-refractivity contribution in [2.24, 2.45) is 0 Å². The number of benzene rings is 1. The Morgan fingerprint density at radius 2 is 2.09 bits per heavy atom. The van der Waals surface area contributed by atoms with Crippen molar-refractivity contribution in [3.05, 3.63) is 44.4 Å². The highest BCUT2D eigenvalue weighted by Crippen LogP contribution is 2.26. The van der Waals surface area contributed by atoms with Crippen molar-refractivity contribution < 1.29 is 18.7 Å². The fraction of sp³-hybridized carbons (Fsp3) is 0.333. The van der Waals surface area contributed by atoms with Gasteiger partial charge in [-0.1, -0.05) is 18.3 Å². The van der Waals surface area contributed by atoms with Crippen LogP contribution in [0.15, 0.2) is 23.0 Å². The second-order valence-electron chi connectivity index (χ2n) is 4.95. The van der Waals surface area contributed by atoms with Gasteiger partial charge in [0.2, 0.25) is 0 Å². The van der Waals surface area contributed by atoms with Gasteiger partial charge in [-0.25, -0.2) is 8.78 Å². The van der Waals surface area contributed by atoms with Crippen molar-refractivity contribution in [2.45, 2.75) is 19.9 Å². The average Bonchev–Trinajstić information content (AvgIpc) is 2.86. The van der Waals surface area contributed by atoms with E-state index in [-0.39, 0.29) is 11.3 Å². The number of thiazole rings is 1. The fourth-order valence-corrected chi connectivity index (χ4v) is 3.06. The highest BCUT2D eigenvalue weighted by Gasteiger charge is 2.15. The topological polar surface area (TPSA) is 73.4 Å². The highest BCUT2D eigenvalue weighted by atomic mass is 32.1. The molecule has 0 aliphatic rings. The van der Waals surface area contributed by atoms with Gasteiger partial charge < -0.3 is 10.1 Å². The number of nitrogens with one attached hydrogen (secondary N) is 1. The number of rotatable bonds is 7. The third kappa shape index (κ3) is 4.46. The Hall–Kier alpha value is -2.06. The predicted molar refractivity (Wildman–Crippen MR) is 83.5 cm³/mol. The lowest BCUT2D eigenvalue weighted by Gasteiger charge is -2.19. The van der Waals surface area contributed by atoms with E-state index in [1.165, 1.54) is 6.07 Å². The Morgan fingerprint density at radius 1 is 1.35 bits per heavy atom. The summed E-state index contributed by atoms with van der Waals surface area (Å²) in [6.45, 7) is 3.20. The summed E-state index contributed by atoms with van der Waals surface area (Å²) in [6.07, 6.45) is -0.00628. The summed E-state index contributed by atoms with van der Waals surface area (Å²) in [5.41, 5.74) is 0.819. The number of H-pyrrole nitrogens is 1. The number of hydrogen-bond donors (Lipinski definition) is 2. The maximum atomic E-state index is 13.4. The van der Waals surface area contributed by atoms with Gasteiger partial charge in [0.15, 0.2) is 11.6 Å². The van der Waals surface area contributed by atoms with Crippen LogP contribution in [-0.2, 0) is 11.3 Å². The monoisotopic (exact) mass is 342 g/mol. The molecule has 2 N–H and O–H groups in total. The molecular formula is C15H16F2N2O3S. The fourth-order valence-electron chi connectivity index (χ4n) is 2.16. The molecule has 8 heteroatoms. The van der Waals surface area contributed by atoms with Crippen molar-refractivity contribution in [2.75, 3.05) is 13.1 Å². The average molecular weight is 342 g/mol. The van der Waals surface area contributed by atoms with Gasteiger partial charge in [-0.05, 0) is 24.7 Å². The zero-order valence-electron chi connectivity index (χ0n) is 12.4. The van der Waals surface area contributed by atoms with E-state index in [4.69, 9.17) is 5.11 Å². The van der Waals surface area contributed by atoms with Gasteiger partial charge in [0.05, 0.1) is 12.1 Å². The molecule has 1 heterocycles. The standard InChI is InChI=1S/C15H16F2N2O3S/c1-2-19(6-5-13(20)21)8-12-14(18-15(22)23-12)9-3-4-10(16)11(17)7-9/h3-4,7H,2,5-6,8H2,1H3,(H,18,22)(H,20,21). The molecule has 0 aliphatic heterocycles. The lowest BCUT2D eigenvalue weighted by molar-refractivity contribution is -0.137. The van der Waals surface area contributed by atoms with Crippen LogP contribution in [-0.4, -0.2) is 34.0 Å². The normalized spacial score (nSPS) is 11.1. The summed E-state index contributed by atoms with van der Waals surface area (Å²) in [7, 11) is 0. The summed E-state index contributed by atoms with van der Waals surface area (Å²) in [6, 6.07) is 3.43. The molecule has 1 aromatic carbocycles. The van der Waals surface area contributed by atoms with Gasteiger partial charge in [0.25, 0.3) is 0 Å². The van der Waals surface area contributed by atoms with Gasteiger partial charge >= 0.3 is 10.8 Å². The lowest BCUT2D eigenvalue weighted by atomic mass is 10.1. The highest BCUT2D eigenvalue weighted by molar-refractivity contribution is 7.09. The molecule has 1 aromatic heterocycles. The first-order chi connectivity index (χ1) is 10.9. The molecule has 0 saturated carbocycles. The number of halogens is 2. The molecule has 0 bridgehead atoms. The van der Waals surface area contributed by atoms with E-state index in [9.17, 15) is 18.4 Å². The van der Waals surface area contributed by atoms with Crippen LogP contribution in [0.3, 0.4) is 0 Å². The number of hydrogen-bond acceptors (Lipinski definition) is 4. The minimum atomic E-state index is -0.987. The number of aliphatic carboxylic acids is 1. The van der Waals surface area contributed by atoms with Crippen LogP contribution < -0.4 is 4.87 Å². The van der Waals surface area contributed by atoms with Gasteiger partial charge in [-0.15, -0.1) is 0 Å². The lowest BCUT2D eigenvalue weighted by Crippen LogP contribution is -2.25. The molecule has 0 fully saturated rings. The molecule has 0 amide bonds. The van der Waals surface area contributed by atoms with E-state index in [0.717, 1.165) is 23.5 Å². The Morgan fingerprint density at radius 3 is 2.70 bits per heavy atom. The third-order valence-corrected chi connectivity index (χ3v) is 4.25. The first-order valence-corrected chi connectivity index (χ1v) is 7.84. The molecule has 0 spiro atoms. The van der Waals surface area contributed by atoms with Crippen LogP contribution in [0.5, 0.6) is 0 Å². The van der Waals surface area contributed by atoms with E-state index >= 15 is 0 Å². The van der Waals surface area contributed by atoms with Crippen molar-refractivity contribution in [1.29, 1.82) is 0 Å². The molecular weight excluding hydrogens is 326 g/mol. The molecule has 0 aliphatic carbocycles. The predicted octanol–water partition coefficient (Wildman–Crippen LogP) is 2.68. The molecule has 5 nitrogen and oxygen atoms in total. The largest absolute Gasteiger partial charge is 0.481 e. The SMILES string of the molecule is CCN(CCC(=O)O)Cc1sc(=O)[nH]c1-c1ccc(F)c(F)c1. The summed E-state index contributed by atoms with van der Waals surface area (Å²) >= 11 is 0.981. The number of carboxylic acid groups (broad SMARTS) is 1. The number of carboxylic acids is 1. The first-order valence-electron chi connectivity index (χ1n) is 7.02. The summed E-state index contributed by atoms with van der Waals surface area (Å²) in [5.74, 6) is -2.84.